The summed E-state index contributed by atoms with van der Waals surface area (Å²) in [6.07, 6.45) is -3.74. The molecule has 4 atom stereocenters. The van der Waals surface area contributed by atoms with Gasteiger partial charge in [-0.3, -0.25) is 24.8 Å². The maximum atomic E-state index is 14.5. The minimum atomic E-state index is -3.49. The average Bonchev–Trinajstić information content (AvgIpc) is 3.19. The highest BCUT2D eigenvalue weighted by Crippen LogP contribution is 2.30. The van der Waals surface area contributed by atoms with Crippen LogP contribution < -0.4 is 10.7 Å². The molecule has 0 bridgehead atoms. The summed E-state index contributed by atoms with van der Waals surface area (Å²) < 4.78 is 130. The molecule has 0 saturated heterocycles. The molecule has 0 saturated carbocycles. The number of amides is 2. The zero-order valence-electron chi connectivity index (χ0n) is 43.6. The van der Waals surface area contributed by atoms with Gasteiger partial charge in [0.1, 0.15) is 0 Å². The lowest BCUT2D eigenvalue weighted by atomic mass is 9.78. The van der Waals surface area contributed by atoms with E-state index in [2.05, 4.69) is 25.2 Å². The van der Waals surface area contributed by atoms with Crippen molar-refractivity contribution in [1.82, 2.24) is 20.7 Å². The van der Waals surface area contributed by atoms with E-state index in [1.807, 2.05) is 0 Å². The minimum Gasteiger partial charge on any atom is -0.469 e. The predicted octanol–water partition coefficient (Wildman–Crippen LogP) is 5.76. The number of carbonyl (C=O) groups is 4. The highest BCUT2D eigenvalue weighted by molar-refractivity contribution is 5.88. The number of nitrogens with one attached hydrogen (secondary N) is 2. The van der Waals surface area contributed by atoms with E-state index in [1.165, 1.54) is 0 Å². The summed E-state index contributed by atoms with van der Waals surface area (Å²) >= 11 is 0. The number of methoxy groups -OCH3 is 2. The molecule has 0 radical (unpaired) electrons. The number of rotatable bonds is 16. The van der Waals surface area contributed by atoms with E-state index in [-0.39, 0.29) is 13.0 Å². The number of ether oxygens (including phenoxy) is 2. The number of hydrogen-bond acceptors (Lipinski definition) is 9. The van der Waals surface area contributed by atoms with Gasteiger partial charge in [0.2, 0.25) is 5.91 Å². The first kappa shape index (κ1) is 23.8. The van der Waals surface area contributed by atoms with E-state index >= 15 is 0 Å². The van der Waals surface area contributed by atoms with Crippen molar-refractivity contribution in [3.05, 3.63) is 90.1 Å². The van der Waals surface area contributed by atoms with Crippen LogP contribution in [0.15, 0.2) is 79.0 Å². The third-order valence-corrected chi connectivity index (χ3v) is 8.16. The van der Waals surface area contributed by atoms with Crippen LogP contribution in [0, 0.1) is 22.7 Å². The van der Waals surface area contributed by atoms with Gasteiger partial charge in [0, 0.05) is 47.7 Å². The van der Waals surface area contributed by atoms with Crippen LogP contribution in [-0.2, 0) is 36.8 Å². The van der Waals surface area contributed by atoms with Crippen LogP contribution in [0.4, 0.5) is 4.79 Å². The van der Waals surface area contributed by atoms with Gasteiger partial charge >= 0.3 is 12.1 Å². The Morgan fingerprint density at radius 3 is 2.18 bits per heavy atom. The van der Waals surface area contributed by atoms with Gasteiger partial charge in [-0.1, -0.05) is 102 Å². The second-order valence-electron chi connectivity index (χ2n) is 12.7. The predicted molar refractivity (Wildman–Crippen MR) is 196 cm³/mol. The van der Waals surface area contributed by atoms with Gasteiger partial charge in [-0.25, -0.2) is 9.80 Å². The van der Waals surface area contributed by atoms with E-state index in [0.29, 0.717) is 22.4 Å². The van der Waals surface area contributed by atoms with Gasteiger partial charge in [0.05, 0.1) is 48.4 Å². The summed E-state index contributed by atoms with van der Waals surface area (Å²) in [7, 11) is -2.44. The Kier molecular flexibility index (Phi) is 8.66. The maximum absolute atomic E-state index is 14.5. The Morgan fingerprint density at radius 1 is 0.882 bits per heavy atom. The molecule has 0 fully saturated rings. The molecule has 3 aromatic rings. The topological polar surface area (TPSA) is 147 Å². The quantitative estimate of drug-likeness (QED) is 0.124. The summed E-state index contributed by atoms with van der Waals surface area (Å²) in [5.41, 5.74) is -1.26. The summed E-state index contributed by atoms with van der Waals surface area (Å²) in [6.45, 7) is -13.2. The number of alkyl carbamates (subject to hydrolysis) is 1. The molecule has 3 N–H and O–H groups in total. The molecule has 2 amide bonds. The van der Waals surface area contributed by atoms with Crippen molar-refractivity contribution in [2.24, 2.45) is 22.7 Å². The molecule has 0 aliphatic rings. The Balaban J connectivity index is 2.21. The molecular weight excluding hydrogens is 648 g/mol. The van der Waals surface area contributed by atoms with Crippen molar-refractivity contribution in [2.45, 2.75) is 79.2 Å². The number of hydrogen-bond donors (Lipinski definition) is 3. The zero-order valence-corrected chi connectivity index (χ0v) is 28.6. The molecule has 0 aliphatic carbocycles. The monoisotopic (exact) mass is 717 g/mol. The first-order chi connectivity index (χ1) is 30.2. The number of pyridine rings is 1. The molecule has 1 aromatic heterocycles. The molecule has 51 heavy (non-hydrogen) atoms. The number of esters is 1. The zero-order chi connectivity index (χ0) is 50.3. The maximum Gasteiger partial charge on any atom is 0.407 e. The van der Waals surface area contributed by atoms with E-state index in [9.17, 15) is 24.3 Å². The number of ketones is 1. The highest BCUT2D eigenvalue weighted by atomic mass is 16.5. The van der Waals surface area contributed by atoms with Gasteiger partial charge < -0.3 is 19.9 Å². The van der Waals surface area contributed by atoms with Crippen LogP contribution in [-0.4, -0.2) is 71.7 Å². The molecule has 11 heteroatoms. The van der Waals surface area contributed by atoms with Crippen molar-refractivity contribution < 1.29 is 54.3 Å². The number of benzene rings is 2. The largest absolute Gasteiger partial charge is 0.469 e. The number of nitrogens with zero attached hydrogens (tertiary/aromatic N) is 2. The number of carbonyl (C=O) groups excluding carboxylic acids is 4. The number of Topliss-reactive ketones (excluding diaryl/α,β-unsaturated/α-hetero) is 1. The molecule has 0 aliphatic heterocycles. The molecule has 1 heterocycles. The van der Waals surface area contributed by atoms with Crippen molar-refractivity contribution in [3.8, 4) is 11.3 Å². The third-order valence-electron chi connectivity index (χ3n) is 8.16. The number of aromatic nitrogens is 1. The van der Waals surface area contributed by atoms with E-state index < -0.39 is 112 Å². The van der Waals surface area contributed by atoms with Crippen LogP contribution in [0.5, 0.6) is 0 Å². The van der Waals surface area contributed by atoms with Crippen molar-refractivity contribution >= 4 is 23.8 Å². The molecule has 0 spiro atoms. The fourth-order valence-corrected chi connectivity index (χ4v) is 5.42. The Hall–Kier alpha value is -4.61. The first-order valence-corrected chi connectivity index (χ1v) is 16.0. The summed E-state index contributed by atoms with van der Waals surface area (Å²) in [6, 6.07) is 17.8. The van der Waals surface area contributed by atoms with Crippen molar-refractivity contribution in [2.75, 3.05) is 20.7 Å². The van der Waals surface area contributed by atoms with Crippen LogP contribution in [0.25, 0.3) is 11.3 Å². The SMILES string of the molecule is [2H]C([2H])([2H])OC(=O)C[C@H](C(=O)NN(Cc1ccc(-c2ccccn2)cc1)C[C@H](O)[C@@H](CC(=O)[C@@H](NC(=O)OC)C(C)(C([2H])([2H])[2H])C([2H])([2H])[2H])Cc1ccccc1)C(C)(C([2H])([2H])[2H])C([2H])([2H])[2H]. The van der Waals surface area contributed by atoms with Gasteiger partial charge in [0.15, 0.2) is 5.78 Å². The van der Waals surface area contributed by atoms with Gasteiger partial charge in [-0.05, 0) is 46.4 Å². The smallest absolute Gasteiger partial charge is 0.407 e. The van der Waals surface area contributed by atoms with Gasteiger partial charge in [-0.15, -0.1) is 0 Å². The molecule has 3 rings (SSSR count). The summed E-state index contributed by atoms with van der Waals surface area (Å²) in [4.78, 5) is 58.7. The highest BCUT2D eigenvalue weighted by Gasteiger charge is 2.37. The first-order valence-electron chi connectivity index (χ1n) is 23.5. The number of aliphatic hydroxyl groups excluding tert-OH is 1. The van der Waals surface area contributed by atoms with E-state index in [4.69, 9.17) is 20.6 Å². The Morgan fingerprint density at radius 2 is 1.57 bits per heavy atom. The third kappa shape index (κ3) is 12.9. The Labute approximate surface area is 323 Å². The lowest BCUT2D eigenvalue weighted by Gasteiger charge is -2.35. The summed E-state index contributed by atoms with van der Waals surface area (Å²) in [5, 5.41) is 15.3. The van der Waals surface area contributed by atoms with Crippen LogP contribution >= 0.6 is 0 Å². The lowest BCUT2D eigenvalue weighted by Crippen LogP contribution is -2.52. The molecule has 2 aromatic carbocycles. The van der Waals surface area contributed by atoms with Crippen molar-refractivity contribution in [3.63, 3.8) is 0 Å². The average molecular weight is 718 g/mol. The second-order valence-corrected chi connectivity index (χ2v) is 12.7. The minimum absolute atomic E-state index is 0.142. The van der Waals surface area contributed by atoms with Crippen molar-refractivity contribution in [1.29, 1.82) is 0 Å². The molecule has 11 nitrogen and oxygen atoms in total. The summed E-state index contributed by atoms with van der Waals surface area (Å²) in [5.74, 6) is -7.75. The van der Waals surface area contributed by atoms with E-state index in [0.717, 1.165) is 26.0 Å². The molecule has 276 valence electrons. The number of hydrazine groups is 1. The second kappa shape index (κ2) is 18.6. The fourth-order valence-electron chi connectivity index (χ4n) is 5.42. The lowest BCUT2D eigenvalue weighted by molar-refractivity contribution is -0.148. The van der Waals surface area contributed by atoms with Crippen LogP contribution in [0.3, 0.4) is 0 Å². The van der Waals surface area contributed by atoms with Gasteiger partial charge in [-0.2, -0.15) is 0 Å². The Bertz CT molecular complexity index is 2070. The molecular formula is C40H54N4O7. The molecule has 0 unspecified atom stereocenters. The standard InChI is InChI=1S/C40H54N4O7/c1-39(2,3)31(24-35(47)50-7)37(48)43-44(25-28-17-19-29(20-18-28)32-16-12-13-21-41-32)26-34(46)30(22-27-14-10-9-11-15-27)23-33(45)36(40(4,5)6)42-38(49)51-8/h9-21,30-31,34,36,46H,22-26H2,1-8H3,(H,42,49)(H,43,48)/t30-,31-,34+,36-/m1/s1/i1D3,2D3,4D3,5D3,7D3. The normalized spacial score (nSPS) is 19.7. The fraction of sp³-hybridized carbons (Fsp3) is 0.475. The van der Waals surface area contributed by atoms with Crippen LogP contribution in [0.1, 0.15) is 85.8 Å². The van der Waals surface area contributed by atoms with Gasteiger partial charge in [0.25, 0.3) is 0 Å². The number of aliphatic hydroxyl groups is 1. The van der Waals surface area contributed by atoms with Crippen LogP contribution in [0.2, 0.25) is 0 Å². The van der Waals surface area contributed by atoms with E-state index in [1.54, 1.807) is 79.0 Å².